The van der Waals surface area contributed by atoms with Crippen LogP contribution in [0.5, 0.6) is 0 Å². The van der Waals surface area contributed by atoms with Crippen LogP contribution < -0.4 is 5.32 Å². The maximum absolute atomic E-state index is 13.0. The molecule has 3 rings (SSSR count). The predicted molar refractivity (Wildman–Crippen MR) is 109 cm³/mol. The van der Waals surface area contributed by atoms with E-state index < -0.39 is 9.84 Å². The molecule has 0 spiro atoms. The van der Waals surface area contributed by atoms with E-state index in [2.05, 4.69) is 10.4 Å². The normalized spacial score (nSPS) is 18.9. The van der Waals surface area contributed by atoms with Crippen LogP contribution in [0.4, 0.5) is 10.2 Å². The molecule has 2 aromatic rings. The summed E-state index contributed by atoms with van der Waals surface area (Å²) in [6.07, 6.45) is 0.487. The van der Waals surface area contributed by atoms with Crippen molar-refractivity contribution in [3.05, 3.63) is 41.8 Å². The van der Waals surface area contributed by atoms with Gasteiger partial charge in [0.1, 0.15) is 11.6 Å². The van der Waals surface area contributed by atoms with Crippen LogP contribution in [0.3, 0.4) is 0 Å². The molecule has 1 atom stereocenters. The first-order chi connectivity index (χ1) is 13.0. The highest BCUT2D eigenvalue weighted by atomic mass is 32.2. The summed E-state index contributed by atoms with van der Waals surface area (Å²) in [6, 6.07) is 7.49. The molecule has 0 saturated carbocycles. The van der Waals surface area contributed by atoms with E-state index in [1.807, 2.05) is 26.8 Å². The summed E-state index contributed by atoms with van der Waals surface area (Å²) in [5.41, 5.74) is 0.559. The number of nitrogens with zero attached hydrogens (tertiary/aromatic N) is 2. The van der Waals surface area contributed by atoms with E-state index in [1.165, 1.54) is 23.9 Å². The van der Waals surface area contributed by atoms with Crippen molar-refractivity contribution < 1.29 is 17.6 Å². The summed E-state index contributed by atoms with van der Waals surface area (Å²) in [6.45, 7) is 6.04. The molecular weight excluding hydrogens is 401 g/mol. The molecule has 2 heterocycles. The molecule has 6 nitrogen and oxygen atoms in total. The molecular formula is C19H24FN3O3S2. The van der Waals surface area contributed by atoms with Crippen LogP contribution >= 0.6 is 11.8 Å². The fraction of sp³-hybridized carbons (Fsp3) is 0.474. The Bertz CT molecular complexity index is 963. The van der Waals surface area contributed by atoms with Crippen molar-refractivity contribution in [1.29, 1.82) is 0 Å². The topological polar surface area (TPSA) is 81.1 Å². The summed E-state index contributed by atoms with van der Waals surface area (Å²) in [4.78, 5) is 13.2. The van der Waals surface area contributed by atoms with Crippen molar-refractivity contribution >= 4 is 33.3 Å². The zero-order valence-electron chi connectivity index (χ0n) is 16.1. The van der Waals surface area contributed by atoms with Crippen molar-refractivity contribution in [3.63, 3.8) is 0 Å². The van der Waals surface area contributed by atoms with Gasteiger partial charge in [-0.3, -0.25) is 4.79 Å². The summed E-state index contributed by atoms with van der Waals surface area (Å²) in [5, 5.41) is 7.46. The van der Waals surface area contributed by atoms with Crippen molar-refractivity contribution in [2.24, 2.45) is 0 Å². The highest BCUT2D eigenvalue weighted by Gasteiger charge is 2.32. The monoisotopic (exact) mass is 425 g/mol. The van der Waals surface area contributed by atoms with Crippen LogP contribution in [0.25, 0.3) is 0 Å². The molecule has 1 saturated heterocycles. The number of nitrogens with one attached hydrogen (secondary N) is 1. The summed E-state index contributed by atoms with van der Waals surface area (Å²) >= 11 is 1.30. The summed E-state index contributed by atoms with van der Waals surface area (Å²) < 4.78 is 38.4. The lowest BCUT2D eigenvalue weighted by molar-refractivity contribution is -0.113. The molecule has 9 heteroatoms. The van der Waals surface area contributed by atoms with Crippen LogP contribution in [-0.2, 0) is 20.0 Å². The molecule has 1 aliphatic rings. The smallest absolute Gasteiger partial charge is 0.235 e. The number of hydrogen-bond donors (Lipinski definition) is 1. The minimum absolute atomic E-state index is 0.0332. The molecule has 1 amide bonds. The van der Waals surface area contributed by atoms with Gasteiger partial charge in [-0.2, -0.15) is 5.10 Å². The molecule has 0 aliphatic carbocycles. The van der Waals surface area contributed by atoms with Gasteiger partial charge >= 0.3 is 0 Å². The molecule has 1 aromatic carbocycles. The Morgan fingerprint density at radius 3 is 2.57 bits per heavy atom. The summed E-state index contributed by atoms with van der Waals surface area (Å²) in [5.74, 6) is 0.291. The Morgan fingerprint density at radius 1 is 1.32 bits per heavy atom. The minimum atomic E-state index is -3.07. The maximum atomic E-state index is 13.0. The Labute approximate surface area is 168 Å². The number of thioether (sulfide) groups is 1. The molecule has 1 aromatic heterocycles. The van der Waals surface area contributed by atoms with Crippen molar-refractivity contribution in [3.8, 4) is 0 Å². The number of aromatic nitrogens is 2. The van der Waals surface area contributed by atoms with E-state index in [0.717, 1.165) is 10.6 Å². The van der Waals surface area contributed by atoms with Gasteiger partial charge in [0.15, 0.2) is 9.84 Å². The zero-order valence-corrected chi connectivity index (χ0v) is 17.7. The number of sulfone groups is 1. The largest absolute Gasteiger partial charge is 0.310 e. The molecule has 1 N–H and O–H groups in total. The van der Waals surface area contributed by atoms with E-state index in [4.69, 9.17) is 0 Å². The lowest BCUT2D eigenvalue weighted by Crippen LogP contribution is -2.21. The molecule has 28 heavy (non-hydrogen) atoms. The highest BCUT2D eigenvalue weighted by Crippen LogP contribution is 2.31. The van der Waals surface area contributed by atoms with Crippen LogP contribution in [0.15, 0.2) is 35.2 Å². The number of carbonyl (C=O) groups is 1. The van der Waals surface area contributed by atoms with Gasteiger partial charge in [-0.25, -0.2) is 17.5 Å². The first kappa shape index (κ1) is 20.9. The number of rotatable bonds is 5. The Balaban J connectivity index is 1.75. The number of amides is 1. The van der Waals surface area contributed by atoms with Crippen LogP contribution in [0, 0.1) is 5.82 Å². The fourth-order valence-corrected chi connectivity index (χ4v) is 5.35. The van der Waals surface area contributed by atoms with Gasteiger partial charge in [-0.1, -0.05) is 20.8 Å². The number of carbonyl (C=O) groups excluding carboxylic acids is 1. The highest BCUT2D eigenvalue weighted by molar-refractivity contribution is 8.00. The van der Waals surface area contributed by atoms with E-state index in [1.54, 1.807) is 16.8 Å². The third kappa shape index (κ3) is 5.14. The van der Waals surface area contributed by atoms with Crippen LogP contribution in [0.2, 0.25) is 0 Å². The quantitative estimate of drug-likeness (QED) is 0.743. The SMILES string of the molecule is CC(C)(C)c1cc(NC(=O)CSc2ccc(F)cc2)n(C2CCS(=O)(=O)C2)n1. The van der Waals surface area contributed by atoms with E-state index in [9.17, 15) is 17.6 Å². The van der Waals surface area contributed by atoms with Crippen LogP contribution in [0.1, 0.15) is 38.9 Å². The molecule has 0 radical (unpaired) electrons. The second kappa shape index (κ2) is 7.87. The van der Waals surface area contributed by atoms with Gasteiger partial charge in [0.05, 0.1) is 29.0 Å². The minimum Gasteiger partial charge on any atom is -0.310 e. The van der Waals surface area contributed by atoms with Crippen molar-refractivity contribution in [1.82, 2.24) is 9.78 Å². The standard InChI is InChI=1S/C19H24FN3O3S2/c1-19(2,3)16-10-17(23(22-16)14-8-9-28(25,26)12-14)21-18(24)11-27-15-6-4-13(20)5-7-15/h4-7,10,14H,8-9,11-12H2,1-3H3,(H,21,24). The predicted octanol–water partition coefficient (Wildman–Crippen LogP) is 3.41. The lowest BCUT2D eigenvalue weighted by Gasteiger charge is -2.15. The molecule has 1 aliphatic heterocycles. The van der Waals surface area contributed by atoms with Gasteiger partial charge in [0.25, 0.3) is 0 Å². The molecule has 1 unspecified atom stereocenters. The Kier molecular flexibility index (Phi) is 5.86. The first-order valence-corrected chi connectivity index (χ1v) is 11.8. The maximum Gasteiger partial charge on any atom is 0.235 e. The third-order valence-electron chi connectivity index (χ3n) is 4.51. The van der Waals surface area contributed by atoms with Crippen molar-refractivity contribution in [2.75, 3.05) is 22.6 Å². The number of anilines is 1. The number of halogens is 1. The number of hydrogen-bond acceptors (Lipinski definition) is 5. The van der Waals surface area contributed by atoms with E-state index >= 15 is 0 Å². The zero-order chi connectivity index (χ0) is 20.5. The Hall–Kier alpha value is -1.87. The van der Waals surface area contributed by atoms with Crippen molar-refractivity contribution in [2.45, 2.75) is 43.5 Å². The van der Waals surface area contributed by atoms with Gasteiger partial charge < -0.3 is 5.32 Å². The summed E-state index contributed by atoms with van der Waals surface area (Å²) in [7, 11) is -3.07. The van der Waals surface area contributed by atoms with E-state index in [0.29, 0.717) is 12.2 Å². The van der Waals surface area contributed by atoms with Crippen LogP contribution in [-0.4, -0.2) is 41.4 Å². The molecule has 1 fully saturated rings. The average molecular weight is 426 g/mol. The third-order valence-corrected chi connectivity index (χ3v) is 7.27. The lowest BCUT2D eigenvalue weighted by atomic mass is 9.92. The van der Waals surface area contributed by atoms with Gasteiger partial charge in [0, 0.05) is 16.4 Å². The molecule has 152 valence electrons. The molecule has 0 bridgehead atoms. The van der Waals surface area contributed by atoms with Gasteiger partial charge in [-0.15, -0.1) is 11.8 Å². The van der Waals surface area contributed by atoms with Gasteiger partial charge in [0.2, 0.25) is 5.91 Å². The average Bonchev–Trinajstić information content (AvgIpc) is 3.17. The van der Waals surface area contributed by atoms with Gasteiger partial charge in [-0.05, 0) is 30.7 Å². The second-order valence-electron chi connectivity index (χ2n) is 7.96. The fourth-order valence-electron chi connectivity index (χ4n) is 2.96. The van der Waals surface area contributed by atoms with E-state index in [-0.39, 0.29) is 40.4 Å². The number of benzene rings is 1. The second-order valence-corrected chi connectivity index (χ2v) is 11.2. The Morgan fingerprint density at radius 2 is 2.00 bits per heavy atom. The first-order valence-electron chi connectivity index (χ1n) is 9.02.